The van der Waals surface area contributed by atoms with Gasteiger partial charge in [-0.2, -0.15) is 10.2 Å². The van der Waals surface area contributed by atoms with Crippen LogP contribution in [0.2, 0.25) is 0 Å². The van der Waals surface area contributed by atoms with E-state index >= 15 is 0 Å². The molecule has 0 aliphatic heterocycles. The lowest BCUT2D eigenvalue weighted by atomic mass is 10.2. The molecule has 56 valence electrons. The van der Waals surface area contributed by atoms with Crippen molar-refractivity contribution in [2.75, 3.05) is 7.05 Å². The van der Waals surface area contributed by atoms with Crippen molar-refractivity contribution in [2.45, 2.75) is 20.8 Å². The lowest BCUT2D eigenvalue weighted by molar-refractivity contribution is 1.06. The van der Waals surface area contributed by atoms with Gasteiger partial charge in [-0.25, -0.2) is 0 Å². The van der Waals surface area contributed by atoms with E-state index in [2.05, 4.69) is 10.2 Å². The van der Waals surface area contributed by atoms with Crippen LogP contribution in [0.3, 0.4) is 0 Å². The fourth-order valence-electron chi connectivity index (χ4n) is 0.599. The van der Waals surface area contributed by atoms with Gasteiger partial charge in [-0.3, -0.25) is 0 Å². The zero-order chi connectivity index (χ0) is 7.98. The number of hydrogen-bond donors (Lipinski definition) is 0. The molecule has 10 heavy (non-hydrogen) atoms. The molecule has 0 spiro atoms. The number of allylic oxidation sites excluding steroid dienone is 4. The maximum atomic E-state index is 3.90. The van der Waals surface area contributed by atoms with Gasteiger partial charge in [0.2, 0.25) is 0 Å². The van der Waals surface area contributed by atoms with Gasteiger partial charge in [-0.15, -0.1) is 0 Å². The van der Waals surface area contributed by atoms with Crippen LogP contribution in [0.1, 0.15) is 20.8 Å². The van der Waals surface area contributed by atoms with Gasteiger partial charge in [0.15, 0.2) is 0 Å². The first-order valence-corrected chi connectivity index (χ1v) is 3.32. The Balaban J connectivity index is 4.33. The second kappa shape index (κ2) is 4.91. The molecule has 0 saturated heterocycles. The number of nitrogens with zero attached hydrogens (tertiary/aromatic N) is 2. The number of rotatable bonds is 2. The van der Waals surface area contributed by atoms with E-state index in [1.807, 2.05) is 32.9 Å². The van der Waals surface area contributed by atoms with E-state index in [-0.39, 0.29) is 0 Å². The summed E-state index contributed by atoms with van der Waals surface area (Å²) in [7, 11) is 1.67. The maximum absolute atomic E-state index is 3.90. The Hall–Kier alpha value is -0.920. The Morgan fingerprint density at radius 2 is 1.90 bits per heavy atom. The summed E-state index contributed by atoms with van der Waals surface area (Å²) >= 11 is 0. The minimum Gasteiger partial charge on any atom is -0.192 e. The molecule has 0 aromatic carbocycles. The molecule has 0 saturated carbocycles. The second-order valence-electron chi connectivity index (χ2n) is 2.07. The van der Waals surface area contributed by atoms with Crippen molar-refractivity contribution >= 4 is 0 Å². The molecule has 0 radical (unpaired) electrons. The van der Waals surface area contributed by atoms with Gasteiger partial charge >= 0.3 is 0 Å². The van der Waals surface area contributed by atoms with Crippen molar-refractivity contribution in [3.63, 3.8) is 0 Å². The van der Waals surface area contributed by atoms with Gasteiger partial charge in [0.05, 0.1) is 5.70 Å². The van der Waals surface area contributed by atoms with Crippen LogP contribution in [0.4, 0.5) is 0 Å². The fraction of sp³-hybridized carbons (Fsp3) is 0.500. The summed E-state index contributed by atoms with van der Waals surface area (Å²) in [4.78, 5) is 0. The molecule has 0 aliphatic rings. The molecular formula is C8H14N2. The van der Waals surface area contributed by atoms with Crippen molar-refractivity contribution in [3.8, 4) is 0 Å². The minimum absolute atomic E-state index is 0.973. The van der Waals surface area contributed by atoms with Gasteiger partial charge < -0.3 is 0 Å². The highest BCUT2D eigenvalue weighted by atomic mass is 15.1. The van der Waals surface area contributed by atoms with E-state index in [9.17, 15) is 0 Å². The summed E-state index contributed by atoms with van der Waals surface area (Å²) in [5.74, 6) is 0. The lowest BCUT2D eigenvalue weighted by Crippen LogP contribution is -1.74. The third-order valence-electron chi connectivity index (χ3n) is 1.24. The quantitative estimate of drug-likeness (QED) is 0.414. The van der Waals surface area contributed by atoms with Crippen LogP contribution in [-0.4, -0.2) is 7.05 Å². The average Bonchev–Trinajstić information content (AvgIpc) is 1.89. The molecule has 0 amide bonds. The van der Waals surface area contributed by atoms with E-state index in [0.717, 1.165) is 11.3 Å². The highest BCUT2D eigenvalue weighted by Crippen LogP contribution is 2.05. The zero-order valence-electron chi connectivity index (χ0n) is 7.05. The van der Waals surface area contributed by atoms with Crippen molar-refractivity contribution in [3.05, 3.63) is 23.4 Å². The average molecular weight is 138 g/mol. The van der Waals surface area contributed by atoms with E-state index in [1.54, 1.807) is 7.05 Å². The monoisotopic (exact) mass is 138 g/mol. The zero-order valence-corrected chi connectivity index (χ0v) is 7.05. The predicted octanol–water partition coefficient (Wildman–Crippen LogP) is 2.94. The van der Waals surface area contributed by atoms with Gasteiger partial charge in [0.25, 0.3) is 0 Å². The molecular weight excluding hydrogens is 124 g/mol. The summed E-state index contributed by atoms with van der Waals surface area (Å²) in [5.41, 5.74) is 2.13. The molecule has 0 rings (SSSR count). The molecule has 0 unspecified atom stereocenters. The standard InChI is InChI=1S/C8H14N2/c1-5-6-7(2)8(3)10-9-4/h5-6H,1-4H3/b6-5-,8-7-,10-9?. The minimum atomic E-state index is 0.973. The van der Waals surface area contributed by atoms with Crippen LogP contribution in [0, 0.1) is 0 Å². The summed E-state index contributed by atoms with van der Waals surface area (Å²) in [6.07, 6.45) is 4.01. The molecule has 0 heterocycles. The van der Waals surface area contributed by atoms with Crippen molar-refractivity contribution in [1.82, 2.24) is 0 Å². The van der Waals surface area contributed by atoms with Gasteiger partial charge in [0.1, 0.15) is 0 Å². The summed E-state index contributed by atoms with van der Waals surface area (Å²) in [5, 5.41) is 7.57. The van der Waals surface area contributed by atoms with Crippen LogP contribution >= 0.6 is 0 Å². The number of hydrogen-bond acceptors (Lipinski definition) is 2. The van der Waals surface area contributed by atoms with Gasteiger partial charge in [-0.05, 0) is 26.3 Å². The van der Waals surface area contributed by atoms with Crippen molar-refractivity contribution < 1.29 is 0 Å². The van der Waals surface area contributed by atoms with Gasteiger partial charge in [0, 0.05) is 7.05 Å². The normalized spacial score (nSPS) is 14.8. The second-order valence-corrected chi connectivity index (χ2v) is 2.07. The Kier molecular flexibility index (Phi) is 4.46. The molecule has 2 nitrogen and oxygen atoms in total. The van der Waals surface area contributed by atoms with Crippen LogP contribution in [0.25, 0.3) is 0 Å². The summed E-state index contributed by atoms with van der Waals surface area (Å²) < 4.78 is 0. The molecule has 0 aliphatic carbocycles. The molecule has 2 heteroatoms. The molecule has 0 fully saturated rings. The largest absolute Gasteiger partial charge is 0.192 e. The Morgan fingerprint density at radius 3 is 2.30 bits per heavy atom. The summed E-state index contributed by atoms with van der Waals surface area (Å²) in [6, 6.07) is 0. The first-order chi connectivity index (χ1) is 4.72. The highest BCUT2D eigenvalue weighted by Gasteiger charge is 1.87. The van der Waals surface area contributed by atoms with Crippen molar-refractivity contribution in [2.24, 2.45) is 10.2 Å². The van der Waals surface area contributed by atoms with Crippen LogP contribution in [-0.2, 0) is 0 Å². The third-order valence-corrected chi connectivity index (χ3v) is 1.24. The van der Waals surface area contributed by atoms with E-state index in [1.165, 1.54) is 0 Å². The van der Waals surface area contributed by atoms with Crippen LogP contribution in [0.15, 0.2) is 33.7 Å². The van der Waals surface area contributed by atoms with E-state index in [4.69, 9.17) is 0 Å². The topological polar surface area (TPSA) is 24.7 Å². The van der Waals surface area contributed by atoms with Gasteiger partial charge in [-0.1, -0.05) is 12.2 Å². The van der Waals surface area contributed by atoms with Crippen molar-refractivity contribution in [1.29, 1.82) is 0 Å². The smallest absolute Gasteiger partial charge is 0.0624 e. The van der Waals surface area contributed by atoms with Crippen LogP contribution < -0.4 is 0 Å². The molecule has 0 bridgehead atoms. The third kappa shape index (κ3) is 3.17. The lowest BCUT2D eigenvalue weighted by Gasteiger charge is -1.92. The number of azo groups is 1. The Labute approximate surface area is 62.4 Å². The Morgan fingerprint density at radius 1 is 1.30 bits per heavy atom. The first-order valence-electron chi connectivity index (χ1n) is 3.32. The predicted molar refractivity (Wildman–Crippen MR) is 44.0 cm³/mol. The maximum Gasteiger partial charge on any atom is 0.0624 e. The first kappa shape index (κ1) is 9.08. The van der Waals surface area contributed by atoms with E-state index in [0.29, 0.717) is 0 Å². The fourth-order valence-corrected chi connectivity index (χ4v) is 0.599. The Bertz CT molecular complexity index is 156. The molecule has 0 atom stereocenters. The molecule has 0 N–H and O–H groups in total. The summed E-state index contributed by atoms with van der Waals surface area (Å²) in [6.45, 7) is 5.95. The highest BCUT2D eigenvalue weighted by molar-refractivity contribution is 5.20. The van der Waals surface area contributed by atoms with E-state index < -0.39 is 0 Å². The SMILES string of the molecule is C/C=C\C(C)=C(\C)N=NC. The molecule has 0 aromatic heterocycles. The van der Waals surface area contributed by atoms with Crippen LogP contribution in [0.5, 0.6) is 0 Å². The molecule has 0 aromatic rings.